The minimum atomic E-state index is -0.825. The van der Waals surface area contributed by atoms with Gasteiger partial charge in [0.15, 0.2) is 0 Å². The molecule has 2 aromatic rings. The molecule has 1 aliphatic heterocycles. The van der Waals surface area contributed by atoms with E-state index in [1.165, 1.54) is 12.8 Å². The summed E-state index contributed by atoms with van der Waals surface area (Å²) in [4.78, 5) is 18.2. The zero-order valence-electron chi connectivity index (χ0n) is 13.2. The fourth-order valence-electron chi connectivity index (χ4n) is 3.39. The molecule has 22 heavy (non-hydrogen) atoms. The zero-order valence-corrected chi connectivity index (χ0v) is 13.2. The van der Waals surface area contributed by atoms with Gasteiger partial charge in [0.25, 0.3) is 0 Å². The Bertz CT molecular complexity index is 693. The van der Waals surface area contributed by atoms with Gasteiger partial charge < -0.3 is 9.51 Å². The third-order valence-electron chi connectivity index (χ3n) is 4.46. The number of carbonyl (C=O) groups is 1. The number of likely N-dealkylation sites (tertiary alicyclic amines) is 1. The Balaban J connectivity index is 1.98. The number of pyridine rings is 1. The average molecular weight is 301 g/mol. The van der Waals surface area contributed by atoms with E-state index in [2.05, 4.69) is 21.2 Å². The summed E-state index contributed by atoms with van der Waals surface area (Å²) in [5, 5.41) is 9.17. The molecule has 1 unspecified atom stereocenters. The van der Waals surface area contributed by atoms with Gasteiger partial charge in [0.05, 0.1) is 17.8 Å². The van der Waals surface area contributed by atoms with Gasteiger partial charge in [0.1, 0.15) is 5.65 Å². The van der Waals surface area contributed by atoms with Gasteiger partial charge in [0.2, 0.25) is 0 Å². The maximum atomic E-state index is 11.2. The highest BCUT2D eigenvalue weighted by atomic mass is 16.4. The summed E-state index contributed by atoms with van der Waals surface area (Å²) in [7, 11) is 0. The normalized spacial score (nSPS) is 19.6. The molecule has 118 valence electrons. The van der Waals surface area contributed by atoms with E-state index in [4.69, 9.17) is 0 Å². The van der Waals surface area contributed by atoms with Crippen molar-refractivity contribution >= 4 is 11.6 Å². The van der Waals surface area contributed by atoms with Crippen LogP contribution in [0.3, 0.4) is 0 Å². The van der Waals surface area contributed by atoms with Crippen molar-refractivity contribution in [3.8, 4) is 0 Å². The maximum Gasteiger partial charge on any atom is 0.309 e. The van der Waals surface area contributed by atoms with Crippen LogP contribution < -0.4 is 0 Å². The van der Waals surface area contributed by atoms with Crippen molar-refractivity contribution < 1.29 is 9.90 Å². The molecule has 5 nitrogen and oxygen atoms in total. The number of nitrogens with zero attached hydrogens (tertiary/aromatic N) is 3. The molecule has 1 saturated heterocycles. The van der Waals surface area contributed by atoms with Crippen LogP contribution in [0.5, 0.6) is 0 Å². The van der Waals surface area contributed by atoms with Crippen LogP contribution in [0, 0.1) is 12.8 Å². The topological polar surface area (TPSA) is 57.8 Å². The van der Waals surface area contributed by atoms with Crippen molar-refractivity contribution in [3.05, 3.63) is 35.3 Å². The van der Waals surface area contributed by atoms with Gasteiger partial charge in [-0.15, -0.1) is 0 Å². The summed E-state index contributed by atoms with van der Waals surface area (Å²) in [6.45, 7) is 7.22. The molecular formula is C17H23N3O2. The van der Waals surface area contributed by atoms with Crippen LogP contribution >= 0.6 is 0 Å². The van der Waals surface area contributed by atoms with Crippen molar-refractivity contribution in [2.24, 2.45) is 5.92 Å². The van der Waals surface area contributed by atoms with E-state index in [-0.39, 0.29) is 6.42 Å². The number of hydrogen-bond acceptors (Lipinski definition) is 3. The van der Waals surface area contributed by atoms with Crippen LogP contribution in [0.15, 0.2) is 18.3 Å². The Morgan fingerprint density at radius 3 is 3.05 bits per heavy atom. The quantitative estimate of drug-likeness (QED) is 0.942. The van der Waals surface area contributed by atoms with Crippen LogP contribution in [0.25, 0.3) is 5.65 Å². The smallest absolute Gasteiger partial charge is 0.309 e. The van der Waals surface area contributed by atoms with Crippen molar-refractivity contribution in [1.29, 1.82) is 0 Å². The highest BCUT2D eigenvalue weighted by molar-refractivity contribution is 5.70. The highest BCUT2D eigenvalue weighted by Gasteiger charge is 2.21. The Morgan fingerprint density at radius 2 is 2.32 bits per heavy atom. The predicted molar refractivity (Wildman–Crippen MR) is 84.9 cm³/mol. The van der Waals surface area contributed by atoms with E-state index in [0.29, 0.717) is 11.6 Å². The molecule has 0 spiro atoms. The first-order chi connectivity index (χ1) is 10.5. The van der Waals surface area contributed by atoms with E-state index in [1.807, 2.05) is 25.3 Å². The molecule has 0 amide bonds. The van der Waals surface area contributed by atoms with Gasteiger partial charge in [-0.2, -0.15) is 0 Å². The molecule has 1 N–H and O–H groups in total. The summed E-state index contributed by atoms with van der Waals surface area (Å²) in [6.07, 6.45) is 4.47. The fourth-order valence-corrected chi connectivity index (χ4v) is 3.39. The zero-order chi connectivity index (χ0) is 15.7. The number of fused-ring (bicyclic) bond motifs is 1. The summed E-state index contributed by atoms with van der Waals surface area (Å²) < 4.78 is 2.06. The molecule has 0 aromatic carbocycles. The fraction of sp³-hybridized carbons (Fsp3) is 0.529. The number of carboxylic acids is 1. The third-order valence-corrected chi connectivity index (χ3v) is 4.46. The molecule has 1 aliphatic rings. The summed E-state index contributed by atoms with van der Waals surface area (Å²) >= 11 is 0. The lowest BCUT2D eigenvalue weighted by atomic mass is 10.00. The summed E-state index contributed by atoms with van der Waals surface area (Å²) in [5.74, 6) is -0.119. The number of imidazole rings is 1. The van der Waals surface area contributed by atoms with Gasteiger partial charge in [-0.3, -0.25) is 9.69 Å². The SMILES string of the molecule is Cc1cccn2c(CN3CCCC(C)C3)c(CC(=O)O)nc12. The molecule has 0 saturated carbocycles. The first-order valence-corrected chi connectivity index (χ1v) is 7.94. The first-order valence-electron chi connectivity index (χ1n) is 7.94. The van der Waals surface area contributed by atoms with Gasteiger partial charge in [0, 0.05) is 19.3 Å². The number of aryl methyl sites for hydroxylation is 1. The van der Waals surface area contributed by atoms with Gasteiger partial charge in [-0.1, -0.05) is 13.0 Å². The van der Waals surface area contributed by atoms with Crippen LogP contribution in [0.1, 0.15) is 36.7 Å². The lowest BCUT2D eigenvalue weighted by Crippen LogP contribution is -2.34. The van der Waals surface area contributed by atoms with Crippen molar-refractivity contribution in [2.45, 2.75) is 39.7 Å². The maximum absolute atomic E-state index is 11.2. The van der Waals surface area contributed by atoms with Crippen molar-refractivity contribution in [1.82, 2.24) is 14.3 Å². The second kappa shape index (κ2) is 6.08. The molecular weight excluding hydrogens is 278 g/mol. The first kappa shape index (κ1) is 15.0. The standard InChI is InChI=1S/C17H23N3O2/c1-12-5-3-7-19(10-12)11-15-14(9-16(21)22)18-17-13(2)6-4-8-20(15)17/h4,6,8,12H,3,5,7,9-11H2,1-2H3,(H,21,22). The molecule has 1 atom stereocenters. The monoisotopic (exact) mass is 301 g/mol. The number of piperidine rings is 1. The highest BCUT2D eigenvalue weighted by Crippen LogP contribution is 2.22. The second-order valence-corrected chi connectivity index (χ2v) is 6.44. The Kier molecular flexibility index (Phi) is 4.16. The third kappa shape index (κ3) is 2.99. The molecule has 3 rings (SSSR count). The number of aliphatic carboxylic acids is 1. The van der Waals surface area contributed by atoms with E-state index in [0.717, 1.165) is 36.5 Å². The van der Waals surface area contributed by atoms with E-state index in [1.54, 1.807) is 0 Å². The van der Waals surface area contributed by atoms with Crippen LogP contribution in [-0.4, -0.2) is 38.4 Å². The molecule has 0 bridgehead atoms. The Hall–Kier alpha value is -1.88. The van der Waals surface area contributed by atoms with Gasteiger partial charge >= 0.3 is 5.97 Å². The number of carboxylic acid groups (broad SMARTS) is 1. The van der Waals surface area contributed by atoms with E-state index in [9.17, 15) is 9.90 Å². The number of rotatable bonds is 4. The molecule has 5 heteroatoms. The predicted octanol–water partition coefficient (Wildman–Crippen LogP) is 2.50. The van der Waals surface area contributed by atoms with Gasteiger partial charge in [-0.25, -0.2) is 4.98 Å². The van der Waals surface area contributed by atoms with Crippen LogP contribution in [0.2, 0.25) is 0 Å². The Morgan fingerprint density at radius 1 is 1.50 bits per heavy atom. The molecule has 0 aliphatic carbocycles. The van der Waals surface area contributed by atoms with Gasteiger partial charge in [-0.05, 0) is 43.9 Å². The van der Waals surface area contributed by atoms with Crippen LogP contribution in [0.4, 0.5) is 0 Å². The largest absolute Gasteiger partial charge is 0.481 e. The van der Waals surface area contributed by atoms with Crippen LogP contribution in [-0.2, 0) is 17.8 Å². The molecule has 2 aromatic heterocycles. The lowest BCUT2D eigenvalue weighted by Gasteiger charge is -2.30. The average Bonchev–Trinajstić information content (AvgIpc) is 2.78. The second-order valence-electron chi connectivity index (χ2n) is 6.44. The minimum absolute atomic E-state index is 0.0140. The Labute approximate surface area is 130 Å². The molecule has 3 heterocycles. The van der Waals surface area contributed by atoms with E-state index < -0.39 is 5.97 Å². The molecule has 1 fully saturated rings. The summed E-state index contributed by atoms with van der Waals surface area (Å²) in [5.41, 5.74) is 3.67. The van der Waals surface area contributed by atoms with E-state index >= 15 is 0 Å². The minimum Gasteiger partial charge on any atom is -0.481 e. The summed E-state index contributed by atoms with van der Waals surface area (Å²) in [6, 6.07) is 4.01. The number of aromatic nitrogens is 2. The number of hydrogen-bond donors (Lipinski definition) is 1. The molecule has 0 radical (unpaired) electrons. The van der Waals surface area contributed by atoms with Crippen molar-refractivity contribution in [3.63, 3.8) is 0 Å². The van der Waals surface area contributed by atoms with Crippen molar-refractivity contribution in [2.75, 3.05) is 13.1 Å². The lowest BCUT2D eigenvalue weighted by molar-refractivity contribution is -0.136.